The summed E-state index contributed by atoms with van der Waals surface area (Å²) in [5, 5.41) is 8.83. The Morgan fingerprint density at radius 3 is 2.44 bits per heavy atom. The third-order valence-electron chi connectivity index (χ3n) is 3.93. The molecule has 0 fully saturated rings. The zero-order valence-electron chi connectivity index (χ0n) is 13.9. The number of carbonyl (C=O) groups excluding carboxylic acids is 1. The van der Waals surface area contributed by atoms with Gasteiger partial charge < -0.3 is 4.90 Å². The van der Waals surface area contributed by atoms with E-state index in [-0.39, 0.29) is 18.5 Å². The van der Waals surface area contributed by atoms with Gasteiger partial charge in [0.05, 0.1) is 18.1 Å². The van der Waals surface area contributed by atoms with Crippen LogP contribution in [-0.2, 0) is 6.18 Å². The number of carbonyl (C=O) groups is 1. The largest absolute Gasteiger partial charge is 0.416 e. The molecule has 130 valence electrons. The third-order valence-corrected chi connectivity index (χ3v) is 3.93. The van der Waals surface area contributed by atoms with Crippen LogP contribution in [0.1, 0.15) is 33.5 Å². The molecule has 0 aliphatic heterocycles. The summed E-state index contributed by atoms with van der Waals surface area (Å²) < 4.78 is 38.7. The fraction of sp³-hybridized carbons (Fsp3) is 0.263. The molecule has 0 N–H and O–H groups in total. The van der Waals surface area contributed by atoms with Gasteiger partial charge in [-0.05, 0) is 55.3 Å². The van der Waals surface area contributed by atoms with E-state index in [0.717, 1.165) is 23.3 Å². The van der Waals surface area contributed by atoms with E-state index < -0.39 is 17.6 Å². The summed E-state index contributed by atoms with van der Waals surface area (Å²) in [7, 11) is 0. The minimum Gasteiger partial charge on any atom is -0.307 e. The first-order valence-electron chi connectivity index (χ1n) is 7.67. The second-order valence-corrected chi connectivity index (χ2v) is 5.71. The highest BCUT2D eigenvalue weighted by Crippen LogP contribution is 2.30. The van der Waals surface area contributed by atoms with Gasteiger partial charge in [0.2, 0.25) is 0 Å². The number of amides is 1. The van der Waals surface area contributed by atoms with Crippen LogP contribution < -0.4 is 4.90 Å². The van der Waals surface area contributed by atoms with E-state index >= 15 is 0 Å². The maximum atomic E-state index is 12.9. The Labute approximate surface area is 144 Å². The molecule has 0 atom stereocenters. The minimum atomic E-state index is -4.52. The van der Waals surface area contributed by atoms with Crippen molar-refractivity contribution in [1.29, 1.82) is 5.26 Å². The van der Waals surface area contributed by atoms with Gasteiger partial charge in [0.15, 0.2) is 0 Å². The predicted molar refractivity (Wildman–Crippen MR) is 89.3 cm³/mol. The molecule has 0 unspecified atom stereocenters. The molecule has 2 rings (SSSR count). The number of hydrogen-bond donors (Lipinski definition) is 0. The smallest absolute Gasteiger partial charge is 0.307 e. The standard InChI is InChI=1S/C19H17F3N2O/c1-13-7-8-17(11-14(13)2)24(10-4-9-23)18(25)15-5-3-6-16(12-15)19(20,21)22/h3,5-8,11-12H,4,10H2,1-2H3. The van der Waals surface area contributed by atoms with E-state index in [2.05, 4.69) is 0 Å². The molecular weight excluding hydrogens is 329 g/mol. The predicted octanol–water partition coefficient (Wildman–Crippen LogP) is 4.88. The summed E-state index contributed by atoms with van der Waals surface area (Å²) in [5.41, 5.74) is 1.61. The maximum absolute atomic E-state index is 12.9. The van der Waals surface area contributed by atoms with E-state index in [0.29, 0.717) is 5.69 Å². The highest BCUT2D eigenvalue weighted by molar-refractivity contribution is 6.06. The Balaban J connectivity index is 2.42. The number of nitrogens with zero attached hydrogens (tertiary/aromatic N) is 2. The Morgan fingerprint density at radius 2 is 1.84 bits per heavy atom. The van der Waals surface area contributed by atoms with E-state index in [4.69, 9.17) is 5.26 Å². The summed E-state index contributed by atoms with van der Waals surface area (Å²) >= 11 is 0. The molecule has 0 aliphatic carbocycles. The third kappa shape index (κ3) is 4.38. The summed E-state index contributed by atoms with van der Waals surface area (Å²) in [6.45, 7) is 3.91. The molecule has 3 nitrogen and oxygen atoms in total. The summed E-state index contributed by atoms with van der Waals surface area (Å²) in [4.78, 5) is 14.1. The molecular formula is C19H17F3N2O. The lowest BCUT2D eigenvalue weighted by atomic mass is 10.1. The summed E-state index contributed by atoms with van der Waals surface area (Å²) in [6.07, 6.45) is -4.44. The number of benzene rings is 2. The molecule has 2 aromatic rings. The molecule has 0 radical (unpaired) electrons. The molecule has 0 aliphatic rings. The zero-order chi connectivity index (χ0) is 18.6. The molecule has 6 heteroatoms. The van der Waals surface area contributed by atoms with E-state index in [1.807, 2.05) is 26.0 Å². The van der Waals surface area contributed by atoms with Crippen LogP contribution in [0.2, 0.25) is 0 Å². The van der Waals surface area contributed by atoms with Gasteiger partial charge in [-0.2, -0.15) is 18.4 Å². The van der Waals surface area contributed by atoms with Gasteiger partial charge in [-0.15, -0.1) is 0 Å². The molecule has 0 saturated carbocycles. The molecule has 0 saturated heterocycles. The Morgan fingerprint density at radius 1 is 1.12 bits per heavy atom. The number of anilines is 1. The molecule has 0 spiro atoms. The Kier molecular flexibility index (Phi) is 5.48. The molecule has 0 aromatic heterocycles. The summed E-state index contributed by atoms with van der Waals surface area (Å²) in [6, 6.07) is 11.6. The van der Waals surface area contributed by atoms with Crippen LogP contribution in [0.15, 0.2) is 42.5 Å². The number of rotatable bonds is 4. The number of nitriles is 1. The van der Waals surface area contributed by atoms with Gasteiger partial charge in [-0.25, -0.2) is 0 Å². The average molecular weight is 346 g/mol. The first kappa shape index (κ1) is 18.5. The molecule has 2 aromatic carbocycles. The topological polar surface area (TPSA) is 44.1 Å². The fourth-order valence-corrected chi connectivity index (χ4v) is 2.39. The van der Waals surface area contributed by atoms with Crippen molar-refractivity contribution in [1.82, 2.24) is 0 Å². The first-order chi connectivity index (χ1) is 11.7. The monoisotopic (exact) mass is 346 g/mol. The highest BCUT2D eigenvalue weighted by atomic mass is 19.4. The second-order valence-electron chi connectivity index (χ2n) is 5.71. The molecule has 0 bridgehead atoms. The number of halogens is 3. The molecule has 1 amide bonds. The molecule has 25 heavy (non-hydrogen) atoms. The van der Waals surface area contributed by atoms with Crippen molar-refractivity contribution in [3.8, 4) is 6.07 Å². The van der Waals surface area contributed by atoms with Crippen LogP contribution in [0.3, 0.4) is 0 Å². The Hall–Kier alpha value is -2.81. The van der Waals surface area contributed by atoms with Crippen molar-refractivity contribution in [3.05, 3.63) is 64.7 Å². The van der Waals surface area contributed by atoms with Crippen LogP contribution in [0.25, 0.3) is 0 Å². The lowest BCUT2D eigenvalue weighted by Gasteiger charge is -2.23. The van der Waals surface area contributed by atoms with Gasteiger partial charge in [-0.3, -0.25) is 4.79 Å². The average Bonchev–Trinajstić information content (AvgIpc) is 2.57. The first-order valence-corrected chi connectivity index (χ1v) is 7.67. The van der Waals surface area contributed by atoms with Crippen LogP contribution >= 0.6 is 0 Å². The maximum Gasteiger partial charge on any atom is 0.416 e. The van der Waals surface area contributed by atoms with Crippen molar-refractivity contribution in [2.45, 2.75) is 26.4 Å². The fourth-order valence-electron chi connectivity index (χ4n) is 2.39. The van der Waals surface area contributed by atoms with Crippen molar-refractivity contribution in [2.75, 3.05) is 11.4 Å². The number of alkyl halides is 3. The molecule has 0 heterocycles. The van der Waals surface area contributed by atoms with Crippen molar-refractivity contribution in [3.63, 3.8) is 0 Å². The van der Waals surface area contributed by atoms with E-state index in [1.165, 1.54) is 17.0 Å². The SMILES string of the molecule is Cc1ccc(N(CCC#N)C(=O)c2cccc(C(F)(F)F)c2)cc1C. The van der Waals surface area contributed by atoms with E-state index in [9.17, 15) is 18.0 Å². The second kappa shape index (κ2) is 7.39. The van der Waals surface area contributed by atoms with Crippen LogP contribution in [0, 0.1) is 25.2 Å². The quantitative estimate of drug-likeness (QED) is 0.792. The van der Waals surface area contributed by atoms with Gasteiger partial charge in [0, 0.05) is 17.8 Å². The normalized spacial score (nSPS) is 11.0. The Bertz CT molecular complexity index is 822. The van der Waals surface area contributed by atoms with E-state index in [1.54, 1.807) is 12.1 Å². The van der Waals surface area contributed by atoms with Crippen LogP contribution in [0.5, 0.6) is 0 Å². The van der Waals surface area contributed by atoms with Gasteiger partial charge in [0.1, 0.15) is 0 Å². The zero-order valence-corrected chi connectivity index (χ0v) is 13.9. The van der Waals surface area contributed by atoms with Gasteiger partial charge in [0.25, 0.3) is 5.91 Å². The number of aryl methyl sites for hydroxylation is 2. The lowest BCUT2D eigenvalue weighted by molar-refractivity contribution is -0.137. The summed E-state index contributed by atoms with van der Waals surface area (Å²) in [5.74, 6) is -0.565. The highest BCUT2D eigenvalue weighted by Gasteiger charge is 2.31. The number of hydrogen-bond acceptors (Lipinski definition) is 2. The van der Waals surface area contributed by atoms with Gasteiger partial charge >= 0.3 is 6.18 Å². The minimum absolute atomic E-state index is 0.0639. The lowest BCUT2D eigenvalue weighted by Crippen LogP contribution is -2.32. The van der Waals surface area contributed by atoms with Crippen LogP contribution in [0.4, 0.5) is 18.9 Å². The van der Waals surface area contributed by atoms with Crippen molar-refractivity contribution in [2.24, 2.45) is 0 Å². The van der Waals surface area contributed by atoms with Gasteiger partial charge in [-0.1, -0.05) is 12.1 Å². The van der Waals surface area contributed by atoms with Crippen LogP contribution in [-0.4, -0.2) is 12.5 Å². The van der Waals surface area contributed by atoms with Crippen molar-refractivity contribution < 1.29 is 18.0 Å². The van der Waals surface area contributed by atoms with Crippen molar-refractivity contribution >= 4 is 11.6 Å².